The van der Waals surface area contributed by atoms with Crippen molar-refractivity contribution in [2.75, 3.05) is 25.6 Å². The minimum Gasteiger partial charge on any atom is -0.482 e. The molecule has 1 aromatic carbocycles. The fraction of sp³-hybridized carbons (Fsp3) is 0.579. The summed E-state index contributed by atoms with van der Waals surface area (Å²) < 4.78 is 15.5. The van der Waals surface area contributed by atoms with Gasteiger partial charge in [0.2, 0.25) is 5.91 Å². The molecule has 3 N–H and O–H groups in total. The summed E-state index contributed by atoms with van der Waals surface area (Å²) in [4.78, 5) is 23.9. The van der Waals surface area contributed by atoms with E-state index in [0.717, 1.165) is 5.56 Å². The second kappa shape index (κ2) is 7.63. The summed E-state index contributed by atoms with van der Waals surface area (Å²) in [5.41, 5.74) is 6.42. The van der Waals surface area contributed by atoms with Crippen LogP contribution in [0.25, 0.3) is 0 Å². The third kappa shape index (κ3) is 3.68. The SMILES string of the molecule is CCOC1CC(N)(C(=O)Nc2ccc(OCC(=O)OC)cc2C)C1(C)C. The van der Waals surface area contributed by atoms with Crippen molar-refractivity contribution in [2.45, 2.75) is 45.8 Å². The molecule has 1 aliphatic rings. The van der Waals surface area contributed by atoms with Gasteiger partial charge < -0.3 is 25.3 Å². The number of esters is 1. The van der Waals surface area contributed by atoms with Gasteiger partial charge in [0.05, 0.1) is 13.2 Å². The van der Waals surface area contributed by atoms with E-state index in [1.165, 1.54) is 7.11 Å². The largest absolute Gasteiger partial charge is 0.482 e. The van der Waals surface area contributed by atoms with Crippen LogP contribution in [0.1, 0.15) is 32.8 Å². The molecule has 0 aliphatic heterocycles. The quantitative estimate of drug-likeness (QED) is 0.718. The summed E-state index contributed by atoms with van der Waals surface area (Å²) in [6, 6.07) is 5.16. The van der Waals surface area contributed by atoms with Crippen molar-refractivity contribution in [3.8, 4) is 5.75 Å². The summed E-state index contributed by atoms with van der Waals surface area (Å²) in [5.74, 6) is -0.167. The van der Waals surface area contributed by atoms with Crippen molar-refractivity contribution >= 4 is 17.6 Å². The van der Waals surface area contributed by atoms with E-state index < -0.39 is 16.9 Å². The summed E-state index contributed by atoms with van der Waals surface area (Å²) >= 11 is 0. The second-order valence-corrected chi connectivity index (χ2v) is 7.14. The molecule has 1 aromatic rings. The van der Waals surface area contributed by atoms with E-state index in [9.17, 15) is 9.59 Å². The number of rotatable bonds is 7. The lowest BCUT2D eigenvalue weighted by atomic mass is 9.54. The molecule has 26 heavy (non-hydrogen) atoms. The molecule has 2 atom stereocenters. The number of anilines is 1. The van der Waals surface area contributed by atoms with Crippen LogP contribution in [0.4, 0.5) is 5.69 Å². The normalized spacial score (nSPS) is 23.7. The van der Waals surface area contributed by atoms with Crippen molar-refractivity contribution < 1.29 is 23.8 Å². The van der Waals surface area contributed by atoms with Gasteiger partial charge in [0.15, 0.2) is 6.61 Å². The Morgan fingerprint density at radius 2 is 2.04 bits per heavy atom. The van der Waals surface area contributed by atoms with Crippen molar-refractivity contribution in [1.29, 1.82) is 0 Å². The molecule has 0 bridgehead atoms. The summed E-state index contributed by atoms with van der Waals surface area (Å²) in [6.45, 7) is 8.11. The molecule has 2 unspecified atom stereocenters. The predicted molar refractivity (Wildman–Crippen MR) is 98.1 cm³/mol. The molecule has 1 amide bonds. The Morgan fingerprint density at radius 1 is 1.35 bits per heavy atom. The first-order valence-electron chi connectivity index (χ1n) is 8.68. The molecule has 0 aromatic heterocycles. The van der Waals surface area contributed by atoms with Crippen LogP contribution in [0, 0.1) is 12.3 Å². The van der Waals surface area contributed by atoms with Gasteiger partial charge in [-0.05, 0) is 37.6 Å². The second-order valence-electron chi connectivity index (χ2n) is 7.14. The van der Waals surface area contributed by atoms with Gasteiger partial charge in [-0.25, -0.2) is 4.79 Å². The molecule has 0 radical (unpaired) electrons. The minimum atomic E-state index is -0.987. The minimum absolute atomic E-state index is 0.0292. The molecule has 0 saturated heterocycles. The molecule has 0 spiro atoms. The molecule has 1 saturated carbocycles. The lowest BCUT2D eigenvalue weighted by Gasteiger charge is -2.57. The Kier molecular flexibility index (Phi) is 5.93. The Hall–Kier alpha value is -2.12. The zero-order valence-electron chi connectivity index (χ0n) is 16.0. The molecule has 0 heterocycles. The van der Waals surface area contributed by atoms with Gasteiger partial charge in [-0.3, -0.25) is 4.79 Å². The summed E-state index contributed by atoms with van der Waals surface area (Å²) in [6.07, 6.45) is 0.456. The van der Waals surface area contributed by atoms with E-state index in [2.05, 4.69) is 10.1 Å². The van der Waals surface area contributed by atoms with Crippen molar-refractivity contribution in [3.63, 3.8) is 0 Å². The molecular weight excluding hydrogens is 336 g/mol. The van der Waals surface area contributed by atoms with E-state index in [4.69, 9.17) is 15.2 Å². The highest BCUT2D eigenvalue weighted by Gasteiger charge is 2.62. The van der Waals surface area contributed by atoms with Crippen LogP contribution in [0.5, 0.6) is 5.75 Å². The van der Waals surface area contributed by atoms with Gasteiger partial charge in [-0.2, -0.15) is 0 Å². The number of benzene rings is 1. The Morgan fingerprint density at radius 3 is 2.58 bits per heavy atom. The Bertz CT molecular complexity index is 689. The number of hydrogen-bond donors (Lipinski definition) is 2. The maximum atomic E-state index is 12.8. The van der Waals surface area contributed by atoms with E-state index >= 15 is 0 Å². The van der Waals surface area contributed by atoms with Crippen LogP contribution in [0.2, 0.25) is 0 Å². The van der Waals surface area contributed by atoms with Gasteiger partial charge in [-0.15, -0.1) is 0 Å². The van der Waals surface area contributed by atoms with Crippen LogP contribution >= 0.6 is 0 Å². The first kappa shape index (κ1) is 20.2. The zero-order valence-corrected chi connectivity index (χ0v) is 16.0. The fourth-order valence-corrected chi connectivity index (χ4v) is 3.12. The molecule has 2 rings (SSSR count). The number of hydrogen-bond acceptors (Lipinski definition) is 6. The molecule has 7 nitrogen and oxygen atoms in total. The van der Waals surface area contributed by atoms with Crippen LogP contribution in [0.15, 0.2) is 18.2 Å². The van der Waals surface area contributed by atoms with E-state index in [1.807, 2.05) is 27.7 Å². The highest BCUT2D eigenvalue weighted by molar-refractivity contribution is 6.00. The lowest BCUT2D eigenvalue weighted by molar-refractivity contribution is -0.166. The van der Waals surface area contributed by atoms with Gasteiger partial charge in [0.25, 0.3) is 0 Å². The topological polar surface area (TPSA) is 99.9 Å². The van der Waals surface area contributed by atoms with Crippen LogP contribution in [-0.4, -0.2) is 43.8 Å². The van der Waals surface area contributed by atoms with Gasteiger partial charge in [0, 0.05) is 24.1 Å². The highest BCUT2D eigenvalue weighted by atomic mass is 16.6. The van der Waals surface area contributed by atoms with Gasteiger partial charge in [-0.1, -0.05) is 13.8 Å². The number of aryl methyl sites for hydroxylation is 1. The molecule has 7 heteroatoms. The number of methoxy groups -OCH3 is 1. The number of carbonyl (C=O) groups is 2. The van der Waals surface area contributed by atoms with Crippen molar-refractivity contribution in [3.05, 3.63) is 23.8 Å². The third-order valence-electron chi connectivity index (χ3n) is 5.27. The maximum absolute atomic E-state index is 12.8. The van der Waals surface area contributed by atoms with E-state index in [0.29, 0.717) is 24.5 Å². The standard InChI is InChI=1S/C19H28N2O5/c1-6-25-15-10-19(20,18(15,3)4)17(23)21-14-8-7-13(9-12(14)2)26-11-16(22)24-5/h7-9,15H,6,10-11,20H2,1-5H3,(H,21,23). The van der Waals surface area contributed by atoms with E-state index in [-0.39, 0.29) is 18.6 Å². The van der Waals surface area contributed by atoms with E-state index in [1.54, 1.807) is 18.2 Å². The third-order valence-corrected chi connectivity index (χ3v) is 5.27. The molecule has 1 aliphatic carbocycles. The number of ether oxygens (including phenoxy) is 3. The maximum Gasteiger partial charge on any atom is 0.343 e. The summed E-state index contributed by atoms with van der Waals surface area (Å²) in [5, 5.41) is 2.91. The average molecular weight is 364 g/mol. The molecule has 144 valence electrons. The first-order valence-corrected chi connectivity index (χ1v) is 8.68. The zero-order chi connectivity index (χ0) is 19.5. The Balaban J connectivity index is 2.04. The first-order chi connectivity index (χ1) is 12.2. The molecular formula is C19H28N2O5. The average Bonchev–Trinajstić information content (AvgIpc) is 2.61. The van der Waals surface area contributed by atoms with Crippen molar-refractivity contribution in [1.82, 2.24) is 0 Å². The monoisotopic (exact) mass is 364 g/mol. The number of amides is 1. The smallest absolute Gasteiger partial charge is 0.343 e. The van der Waals surface area contributed by atoms with Gasteiger partial charge in [0.1, 0.15) is 11.3 Å². The van der Waals surface area contributed by atoms with Crippen molar-refractivity contribution in [2.24, 2.45) is 11.1 Å². The van der Waals surface area contributed by atoms with Crippen LogP contribution in [0.3, 0.4) is 0 Å². The predicted octanol–water partition coefficient (Wildman–Crippen LogP) is 2.02. The van der Waals surface area contributed by atoms with Crippen LogP contribution in [-0.2, 0) is 19.1 Å². The number of nitrogens with one attached hydrogen (secondary N) is 1. The molecule has 1 fully saturated rings. The highest BCUT2D eigenvalue weighted by Crippen LogP contribution is 2.50. The van der Waals surface area contributed by atoms with Gasteiger partial charge >= 0.3 is 5.97 Å². The number of nitrogens with two attached hydrogens (primary N) is 1. The Labute approximate surface area is 154 Å². The lowest BCUT2D eigenvalue weighted by Crippen LogP contribution is -2.74. The summed E-state index contributed by atoms with van der Waals surface area (Å²) in [7, 11) is 1.30. The fourth-order valence-electron chi connectivity index (χ4n) is 3.12. The number of carbonyl (C=O) groups excluding carboxylic acids is 2. The van der Waals surface area contributed by atoms with Crippen LogP contribution < -0.4 is 15.8 Å².